The van der Waals surface area contributed by atoms with Crippen LogP contribution in [-0.2, 0) is 4.74 Å². The molecule has 5 heteroatoms. The average Bonchev–Trinajstić information content (AvgIpc) is 2.24. The first kappa shape index (κ1) is 12.3. The van der Waals surface area contributed by atoms with E-state index in [4.69, 9.17) is 10.3 Å². The number of aliphatic hydroxyl groups excluding tert-OH is 1. The summed E-state index contributed by atoms with van der Waals surface area (Å²) < 4.78 is 5.58. The Labute approximate surface area is 90.1 Å². The molecule has 0 aliphatic heterocycles. The lowest BCUT2D eigenvalue weighted by atomic mass is 9.90. The lowest BCUT2D eigenvalue weighted by molar-refractivity contribution is -0.0673. The number of rotatable bonds is 5. The van der Waals surface area contributed by atoms with Crippen LogP contribution in [0.25, 0.3) is 10.4 Å². The molecule has 1 saturated carbocycles. The molecular formula is C10H19N3O2. The summed E-state index contributed by atoms with van der Waals surface area (Å²) in [5, 5.41) is 13.5. The maximum atomic E-state index is 9.87. The quantitative estimate of drug-likeness (QED) is 0.329. The van der Waals surface area contributed by atoms with Crippen LogP contribution in [0.3, 0.4) is 0 Å². The van der Waals surface area contributed by atoms with Gasteiger partial charge in [0.2, 0.25) is 0 Å². The van der Waals surface area contributed by atoms with Crippen LogP contribution in [0.5, 0.6) is 0 Å². The number of hydrogen-bond donors (Lipinski definition) is 1. The van der Waals surface area contributed by atoms with Crippen molar-refractivity contribution in [2.24, 2.45) is 5.11 Å². The van der Waals surface area contributed by atoms with Gasteiger partial charge in [-0.2, -0.15) is 0 Å². The molecule has 0 unspecified atom stereocenters. The molecule has 1 aliphatic carbocycles. The molecule has 0 radical (unpaired) electrons. The van der Waals surface area contributed by atoms with Crippen molar-refractivity contribution >= 4 is 0 Å². The third kappa shape index (κ3) is 3.70. The van der Waals surface area contributed by atoms with Crippen LogP contribution < -0.4 is 0 Å². The fourth-order valence-electron chi connectivity index (χ4n) is 1.87. The van der Waals surface area contributed by atoms with Crippen LogP contribution in [0, 0.1) is 0 Å². The standard InChI is InChI=1S/C10H19N3O2/c1-2-3-7-15-9-6-4-5-8(10(9)14)12-13-11/h8-10,14H,2-7H2,1H3/t8-,9+,10+/m1/s1. The summed E-state index contributed by atoms with van der Waals surface area (Å²) in [7, 11) is 0. The lowest BCUT2D eigenvalue weighted by Crippen LogP contribution is -2.41. The molecule has 0 amide bonds. The molecule has 5 nitrogen and oxygen atoms in total. The highest BCUT2D eigenvalue weighted by Gasteiger charge is 2.31. The number of unbranched alkanes of at least 4 members (excludes halogenated alkanes) is 1. The van der Waals surface area contributed by atoms with E-state index < -0.39 is 6.10 Å². The summed E-state index contributed by atoms with van der Waals surface area (Å²) in [6.45, 7) is 2.78. The van der Waals surface area contributed by atoms with Crippen molar-refractivity contribution in [3.63, 3.8) is 0 Å². The lowest BCUT2D eigenvalue weighted by Gasteiger charge is -2.32. The van der Waals surface area contributed by atoms with Crippen molar-refractivity contribution in [3.8, 4) is 0 Å². The second-order valence-corrected chi connectivity index (χ2v) is 3.96. The van der Waals surface area contributed by atoms with Gasteiger partial charge in [-0.3, -0.25) is 0 Å². The van der Waals surface area contributed by atoms with Gasteiger partial charge in [-0.05, 0) is 24.8 Å². The Hall–Kier alpha value is -0.770. The van der Waals surface area contributed by atoms with Gasteiger partial charge in [-0.1, -0.05) is 24.9 Å². The monoisotopic (exact) mass is 213 g/mol. The molecular weight excluding hydrogens is 194 g/mol. The Bertz CT molecular complexity index is 229. The molecule has 0 saturated heterocycles. The van der Waals surface area contributed by atoms with Gasteiger partial charge < -0.3 is 9.84 Å². The van der Waals surface area contributed by atoms with Crippen LogP contribution in [0.2, 0.25) is 0 Å². The molecule has 0 spiro atoms. The van der Waals surface area contributed by atoms with Gasteiger partial charge in [-0.25, -0.2) is 0 Å². The highest BCUT2D eigenvalue weighted by atomic mass is 16.5. The fraction of sp³-hybridized carbons (Fsp3) is 1.00. The summed E-state index contributed by atoms with van der Waals surface area (Å²) in [6, 6.07) is -0.310. The molecule has 1 rings (SSSR count). The van der Waals surface area contributed by atoms with E-state index in [0.717, 1.165) is 32.1 Å². The summed E-state index contributed by atoms with van der Waals surface area (Å²) in [5.41, 5.74) is 8.34. The van der Waals surface area contributed by atoms with Gasteiger partial charge in [0.05, 0.1) is 18.2 Å². The van der Waals surface area contributed by atoms with Gasteiger partial charge in [0, 0.05) is 11.5 Å². The van der Waals surface area contributed by atoms with Gasteiger partial charge in [0.25, 0.3) is 0 Å². The smallest absolute Gasteiger partial charge is 0.0886 e. The topological polar surface area (TPSA) is 78.2 Å². The SMILES string of the molecule is CCCCO[C@H]1CCC[C@@H](N=[N+]=[N-])[C@@H]1O. The van der Waals surface area contributed by atoms with Gasteiger partial charge in [0.15, 0.2) is 0 Å². The van der Waals surface area contributed by atoms with Gasteiger partial charge >= 0.3 is 0 Å². The Balaban J connectivity index is 2.39. The van der Waals surface area contributed by atoms with E-state index in [9.17, 15) is 5.11 Å². The number of aliphatic hydroxyl groups is 1. The predicted molar refractivity (Wildman–Crippen MR) is 57.4 cm³/mol. The van der Waals surface area contributed by atoms with Crippen LogP contribution in [0.1, 0.15) is 39.0 Å². The molecule has 1 N–H and O–H groups in total. The maximum absolute atomic E-state index is 9.87. The summed E-state index contributed by atoms with van der Waals surface area (Å²) in [6.07, 6.45) is 3.89. The zero-order chi connectivity index (χ0) is 11.1. The first-order valence-electron chi connectivity index (χ1n) is 5.63. The number of nitrogens with zero attached hydrogens (tertiary/aromatic N) is 3. The third-order valence-corrected chi connectivity index (χ3v) is 2.79. The van der Waals surface area contributed by atoms with Crippen molar-refractivity contribution in [2.45, 2.75) is 57.3 Å². The van der Waals surface area contributed by atoms with Crippen LogP contribution in [-0.4, -0.2) is 30.0 Å². The van der Waals surface area contributed by atoms with Crippen molar-refractivity contribution in [3.05, 3.63) is 10.4 Å². The highest BCUT2D eigenvalue weighted by Crippen LogP contribution is 2.24. The van der Waals surface area contributed by atoms with Crippen LogP contribution >= 0.6 is 0 Å². The molecule has 1 fully saturated rings. The summed E-state index contributed by atoms with van der Waals surface area (Å²) in [4.78, 5) is 2.75. The molecule has 0 bridgehead atoms. The molecule has 0 aromatic rings. The Kier molecular flexibility index (Phi) is 5.47. The van der Waals surface area contributed by atoms with E-state index in [1.54, 1.807) is 0 Å². The molecule has 0 aromatic carbocycles. The molecule has 86 valence electrons. The molecule has 0 aromatic heterocycles. The average molecular weight is 213 g/mol. The van der Waals surface area contributed by atoms with Crippen LogP contribution in [0.4, 0.5) is 0 Å². The van der Waals surface area contributed by atoms with E-state index in [-0.39, 0.29) is 12.1 Å². The minimum absolute atomic E-state index is 0.152. The zero-order valence-corrected chi connectivity index (χ0v) is 9.17. The third-order valence-electron chi connectivity index (χ3n) is 2.79. The Morgan fingerprint density at radius 3 is 3.00 bits per heavy atom. The van der Waals surface area contributed by atoms with Gasteiger partial charge in [0.1, 0.15) is 0 Å². The maximum Gasteiger partial charge on any atom is 0.0886 e. The Morgan fingerprint density at radius 2 is 2.33 bits per heavy atom. The molecule has 0 heterocycles. The number of ether oxygens (including phenoxy) is 1. The highest BCUT2D eigenvalue weighted by molar-refractivity contribution is 4.87. The van der Waals surface area contributed by atoms with E-state index in [0.29, 0.717) is 6.61 Å². The number of hydrogen-bond acceptors (Lipinski definition) is 3. The van der Waals surface area contributed by atoms with Gasteiger partial charge in [-0.15, -0.1) is 0 Å². The normalized spacial score (nSPS) is 30.9. The first-order chi connectivity index (χ1) is 7.29. The van der Waals surface area contributed by atoms with Crippen molar-refractivity contribution in [1.82, 2.24) is 0 Å². The van der Waals surface area contributed by atoms with Crippen LogP contribution in [0.15, 0.2) is 5.11 Å². The summed E-state index contributed by atoms with van der Waals surface area (Å²) in [5.74, 6) is 0. The molecule has 1 aliphatic rings. The first-order valence-corrected chi connectivity index (χ1v) is 5.63. The molecule has 15 heavy (non-hydrogen) atoms. The molecule has 3 atom stereocenters. The largest absolute Gasteiger partial charge is 0.390 e. The van der Waals surface area contributed by atoms with Crippen molar-refractivity contribution < 1.29 is 9.84 Å². The van der Waals surface area contributed by atoms with Crippen molar-refractivity contribution in [2.75, 3.05) is 6.61 Å². The minimum atomic E-state index is -0.633. The second kappa shape index (κ2) is 6.67. The Morgan fingerprint density at radius 1 is 1.53 bits per heavy atom. The predicted octanol–water partition coefficient (Wildman–Crippen LogP) is 2.40. The zero-order valence-electron chi connectivity index (χ0n) is 9.17. The van der Waals surface area contributed by atoms with E-state index >= 15 is 0 Å². The number of azide groups is 1. The summed E-state index contributed by atoms with van der Waals surface area (Å²) >= 11 is 0. The minimum Gasteiger partial charge on any atom is -0.390 e. The van der Waals surface area contributed by atoms with Crippen molar-refractivity contribution in [1.29, 1.82) is 0 Å². The van der Waals surface area contributed by atoms with E-state index in [1.165, 1.54) is 0 Å². The van der Waals surface area contributed by atoms with E-state index in [1.807, 2.05) is 0 Å². The second-order valence-electron chi connectivity index (χ2n) is 3.96. The fourth-order valence-corrected chi connectivity index (χ4v) is 1.87. The van der Waals surface area contributed by atoms with E-state index in [2.05, 4.69) is 16.9 Å².